The number of carbonyl (C=O) groups excluding carboxylic acids is 1. The van der Waals surface area contributed by atoms with E-state index in [-0.39, 0.29) is 5.92 Å². The first-order valence-electron chi connectivity index (χ1n) is 5.96. The second-order valence-corrected chi connectivity index (χ2v) is 4.98. The van der Waals surface area contributed by atoms with Gasteiger partial charge in [-0.1, -0.05) is 30.2 Å². The molecule has 1 aliphatic rings. The third-order valence-corrected chi connectivity index (χ3v) is 3.71. The van der Waals surface area contributed by atoms with Gasteiger partial charge in [0.1, 0.15) is 11.5 Å². The largest absolute Gasteiger partial charge is 0.459 e. The molecule has 2 nitrogen and oxygen atoms in total. The number of carbonyl (C=O) groups is 1. The van der Waals surface area contributed by atoms with Gasteiger partial charge in [0.05, 0.1) is 10.9 Å². The molecule has 1 aromatic carbocycles. The minimum Gasteiger partial charge on any atom is -0.459 e. The summed E-state index contributed by atoms with van der Waals surface area (Å²) in [6.07, 6.45) is 3.68. The molecule has 0 radical (unpaired) electrons. The minimum absolute atomic E-state index is 0.0628. The Morgan fingerprint density at radius 1 is 1.29 bits per heavy atom. The third-order valence-electron chi connectivity index (χ3n) is 3.41. The standard InChI is InChI=1S/C14H13ClO2/c15-11-6-3-4-9-8-13(17-14(9)11)10-5-1-2-7-12(10)16/h3-4,6,8,10H,1-2,5,7H2. The molecule has 1 aromatic heterocycles. The Kier molecular flexibility index (Phi) is 2.67. The van der Waals surface area contributed by atoms with Crippen LogP contribution in [0.4, 0.5) is 0 Å². The Morgan fingerprint density at radius 3 is 2.94 bits per heavy atom. The molecule has 1 aliphatic carbocycles. The van der Waals surface area contributed by atoms with Crippen molar-refractivity contribution in [3.63, 3.8) is 0 Å². The second kappa shape index (κ2) is 4.19. The smallest absolute Gasteiger partial charge is 0.152 e. The highest BCUT2D eigenvalue weighted by Gasteiger charge is 2.27. The maximum absolute atomic E-state index is 11.9. The van der Waals surface area contributed by atoms with Crippen LogP contribution < -0.4 is 0 Å². The van der Waals surface area contributed by atoms with Crippen molar-refractivity contribution < 1.29 is 9.21 Å². The number of fused-ring (bicyclic) bond motifs is 1. The van der Waals surface area contributed by atoms with Gasteiger partial charge in [0.2, 0.25) is 0 Å². The van der Waals surface area contributed by atoms with Crippen LogP contribution in [0.15, 0.2) is 28.7 Å². The van der Waals surface area contributed by atoms with Crippen molar-refractivity contribution >= 4 is 28.4 Å². The van der Waals surface area contributed by atoms with Gasteiger partial charge < -0.3 is 4.42 Å². The van der Waals surface area contributed by atoms with Crippen molar-refractivity contribution in [2.24, 2.45) is 0 Å². The lowest BCUT2D eigenvalue weighted by Gasteiger charge is -2.17. The highest BCUT2D eigenvalue weighted by atomic mass is 35.5. The van der Waals surface area contributed by atoms with Gasteiger partial charge in [-0.25, -0.2) is 0 Å². The molecule has 1 fully saturated rings. The molecule has 0 aliphatic heterocycles. The van der Waals surface area contributed by atoms with Crippen LogP contribution in [0.25, 0.3) is 11.0 Å². The maximum Gasteiger partial charge on any atom is 0.152 e. The Morgan fingerprint density at radius 2 is 2.18 bits per heavy atom. The number of furan rings is 1. The van der Waals surface area contributed by atoms with Gasteiger partial charge in [0.15, 0.2) is 5.58 Å². The predicted molar refractivity (Wildman–Crippen MR) is 67.4 cm³/mol. The average molecular weight is 249 g/mol. The van der Waals surface area contributed by atoms with E-state index in [1.54, 1.807) is 6.07 Å². The Labute approximate surface area is 105 Å². The molecular formula is C14H13ClO2. The zero-order valence-corrected chi connectivity index (χ0v) is 10.2. The molecule has 1 unspecified atom stereocenters. The first-order valence-corrected chi connectivity index (χ1v) is 6.34. The van der Waals surface area contributed by atoms with Crippen molar-refractivity contribution in [1.29, 1.82) is 0 Å². The normalized spacial score (nSPS) is 21.0. The summed E-state index contributed by atoms with van der Waals surface area (Å²) in [5, 5.41) is 1.59. The highest BCUT2D eigenvalue weighted by Crippen LogP contribution is 2.35. The zero-order chi connectivity index (χ0) is 11.8. The molecule has 2 aromatic rings. The SMILES string of the molecule is O=C1CCCCC1c1cc2cccc(Cl)c2o1. The van der Waals surface area contributed by atoms with Crippen LogP contribution in [0.3, 0.4) is 0 Å². The van der Waals surface area contributed by atoms with Crippen LogP contribution in [-0.4, -0.2) is 5.78 Å². The predicted octanol–water partition coefficient (Wildman–Crippen LogP) is 4.31. The summed E-state index contributed by atoms with van der Waals surface area (Å²) in [6, 6.07) is 7.61. The molecule has 1 atom stereocenters. The monoisotopic (exact) mass is 248 g/mol. The summed E-state index contributed by atoms with van der Waals surface area (Å²) in [5.74, 6) is 1.01. The van der Waals surface area contributed by atoms with Crippen LogP contribution in [0.1, 0.15) is 37.4 Å². The molecular weight excluding hydrogens is 236 g/mol. The first kappa shape index (κ1) is 10.8. The summed E-state index contributed by atoms with van der Waals surface area (Å²) in [5.41, 5.74) is 0.697. The van der Waals surface area contributed by atoms with Crippen LogP contribution in [0, 0.1) is 0 Å². The summed E-state index contributed by atoms with van der Waals surface area (Å²) < 4.78 is 5.76. The molecule has 1 saturated carbocycles. The zero-order valence-electron chi connectivity index (χ0n) is 9.41. The number of benzene rings is 1. The Hall–Kier alpha value is -1.28. The van der Waals surface area contributed by atoms with E-state index >= 15 is 0 Å². The van der Waals surface area contributed by atoms with Gasteiger partial charge in [0.25, 0.3) is 0 Å². The molecule has 0 bridgehead atoms. The fourth-order valence-corrected chi connectivity index (χ4v) is 2.72. The molecule has 0 amide bonds. The number of rotatable bonds is 1. The highest BCUT2D eigenvalue weighted by molar-refractivity contribution is 6.34. The van der Waals surface area contributed by atoms with Crippen molar-refractivity contribution in [2.45, 2.75) is 31.6 Å². The summed E-state index contributed by atoms with van der Waals surface area (Å²) in [7, 11) is 0. The maximum atomic E-state index is 11.9. The van der Waals surface area contributed by atoms with Gasteiger partial charge in [-0.15, -0.1) is 0 Å². The number of halogens is 1. The molecule has 17 heavy (non-hydrogen) atoms. The van der Waals surface area contributed by atoms with Gasteiger partial charge >= 0.3 is 0 Å². The Balaban J connectivity index is 2.05. The Bertz CT molecular complexity index is 571. The number of hydrogen-bond acceptors (Lipinski definition) is 2. The van der Waals surface area contributed by atoms with E-state index in [0.717, 1.165) is 30.4 Å². The summed E-state index contributed by atoms with van der Waals surface area (Å²) in [6.45, 7) is 0. The van der Waals surface area contributed by atoms with E-state index in [4.69, 9.17) is 16.0 Å². The lowest BCUT2D eigenvalue weighted by atomic mass is 9.86. The van der Waals surface area contributed by atoms with Crippen LogP contribution in [-0.2, 0) is 4.79 Å². The first-order chi connectivity index (χ1) is 8.25. The molecule has 88 valence electrons. The lowest BCUT2D eigenvalue weighted by Crippen LogP contribution is -2.16. The van der Waals surface area contributed by atoms with Gasteiger partial charge in [0, 0.05) is 11.8 Å². The van der Waals surface area contributed by atoms with Gasteiger partial charge in [-0.05, 0) is 25.0 Å². The van der Waals surface area contributed by atoms with E-state index < -0.39 is 0 Å². The van der Waals surface area contributed by atoms with E-state index in [1.165, 1.54) is 0 Å². The van der Waals surface area contributed by atoms with Crippen LogP contribution in [0.2, 0.25) is 5.02 Å². The summed E-state index contributed by atoms with van der Waals surface area (Å²) in [4.78, 5) is 11.9. The minimum atomic E-state index is -0.0628. The van der Waals surface area contributed by atoms with Crippen molar-refractivity contribution in [3.8, 4) is 0 Å². The van der Waals surface area contributed by atoms with Crippen molar-refractivity contribution in [3.05, 3.63) is 35.0 Å². The number of Topliss-reactive ketones (excluding diaryl/α,β-unsaturated/α-hetero) is 1. The topological polar surface area (TPSA) is 30.2 Å². The quantitative estimate of drug-likeness (QED) is 0.753. The number of para-hydroxylation sites is 1. The van der Waals surface area contributed by atoms with E-state index in [2.05, 4.69) is 0 Å². The molecule has 1 heterocycles. The fraction of sp³-hybridized carbons (Fsp3) is 0.357. The second-order valence-electron chi connectivity index (χ2n) is 4.57. The third kappa shape index (κ3) is 1.87. The van der Waals surface area contributed by atoms with Gasteiger partial charge in [-0.3, -0.25) is 4.79 Å². The number of hydrogen-bond donors (Lipinski definition) is 0. The molecule has 0 saturated heterocycles. The van der Waals surface area contributed by atoms with Gasteiger partial charge in [-0.2, -0.15) is 0 Å². The van der Waals surface area contributed by atoms with Crippen LogP contribution >= 0.6 is 11.6 Å². The van der Waals surface area contributed by atoms with Crippen molar-refractivity contribution in [1.82, 2.24) is 0 Å². The fourth-order valence-electron chi connectivity index (χ4n) is 2.50. The lowest BCUT2D eigenvalue weighted by molar-refractivity contribution is -0.122. The molecule has 0 N–H and O–H groups in total. The van der Waals surface area contributed by atoms with E-state index in [0.29, 0.717) is 22.8 Å². The van der Waals surface area contributed by atoms with E-state index in [9.17, 15) is 4.79 Å². The molecule has 3 rings (SSSR count). The molecule has 3 heteroatoms. The molecule has 0 spiro atoms. The number of ketones is 1. The van der Waals surface area contributed by atoms with Crippen molar-refractivity contribution in [2.75, 3.05) is 0 Å². The van der Waals surface area contributed by atoms with E-state index in [1.807, 2.05) is 18.2 Å². The average Bonchev–Trinajstić information content (AvgIpc) is 2.75. The summed E-state index contributed by atoms with van der Waals surface area (Å²) >= 11 is 6.07. The van der Waals surface area contributed by atoms with Crippen LogP contribution in [0.5, 0.6) is 0 Å².